The van der Waals surface area contributed by atoms with E-state index in [1.54, 1.807) is 0 Å². The Kier molecular flexibility index (Phi) is 3.73. The molecule has 0 saturated heterocycles. The molecule has 82 valence electrons. The van der Waals surface area contributed by atoms with Crippen molar-refractivity contribution in [1.82, 2.24) is 0 Å². The van der Waals surface area contributed by atoms with Crippen LogP contribution in [0.15, 0.2) is 16.6 Å². The van der Waals surface area contributed by atoms with E-state index in [9.17, 15) is 18.0 Å². The molecule has 0 unspecified atom stereocenters. The normalized spacial score (nSPS) is 10.5. The first-order valence-corrected chi connectivity index (χ1v) is 4.66. The number of Topliss-reactive ketones (excluding diaryl/α,β-unsaturated/α-hetero) is 1. The lowest BCUT2D eigenvalue weighted by molar-refractivity contribution is -0.0525. The van der Waals surface area contributed by atoms with Crippen molar-refractivity contribution in [3.05, 3.63) is 28.0 Å². The lowest BCUT2D eigenvalue weighted by atomic mass is 10.1. The van der Waals surface area contributed by atoms with E-state index in [4.69, 9.17) is 0 Å². The van der Waals surface area contributed by atoms with Crippen LogP contribution < -0.4 is 4.74 Å². The minimum atomic E-state index is -3.17. The standard InChI is InChI=1S/C9H6BrF3O2/c1-4(14)5-2-3-6(10)7(11)8(5)15-9(12)13/h2-3,9H,1H3. The fourth-order valence-electron chi connectivity index (χ4n) is 1.01. The van der Waals surface area contributed by atoms with Gasteiger partial charge in [-0.1, -0.05) is 0 Å². The van der Waals surface area contributed by atoms with Gasteiger partial charge in [0.15, 0.2) is 17.3 Å². The zero-order chi connectivity index (χ0) is 11.6. The van der Waals surface area contributed by atoms with Crippen LogP contribution in [-0.4, -0.2) is 12.4 Å². The molecule has 1 rings (SSSR count). The third kappa shape index (κ3) is 2.71. The fourth-order valence-corrected chi connectivity index (χ4v) is 1.33. The Morgan fingerprint density at radius 2 is 2.07 bits per heavy atom. The highest BCUT2D eigenvalue weighted by molar-refractivity contribution is 9.10. The zero-order valence-corrected chi connectivity index (χ0v) is 9.15. The molecule has 0 bridgehead atoms. The predicted octanol–water partition coefficient (Wildman–Crippen LogP) is 3.39. The van der Waals surface area contributed by atoms with Gasteiger partial charge < -0.3 is 4.74 Å². The molecule has 1 aromatic carbocycles. The lowest BCUT2D eigenvalue weighted by Gasteiger charge is -2.10. The molecule has 0 aromatic heterocycles. The van der Waals surface area contributed by atoms with Crippen LogP contribution in [0, 0.1) is 5.82 Å². The Balaban J connectivity index is 3.28. The number of ether oxygens (including phenoxy) is 1. The van der Waals surface area contributed by atoms with Crippen molar-refractivity contribution in [2.45, 2.75) is 13.5 Å². The summed E-state index contributed by atoms with van der Waals surface area (Å²) in [5.74, 6) is -2.29. The van der Waals surface area contributed by atoms with Crippen LogP contribution in [0.2, 0.25) is 0 Å². The van der Waals surface area contributed by atoms with Gasteiger partial charge in [0.1, 0.15) is 0 Å². The molecule has 15 heavy (non-hydrogen) atoms. The third-order valence-electron chi connectivity index (χ3n) is 1.64. The molecule has 0 N–H and O–H groups in total. The third-order valence-corrected chi connectivity index (χ3v) is 2.25. The van der Waals surface area contributed by atoms with Crippen LogP contribution in [0.5, 0.6) is 5.75 Å². The van der Waals surface area contributed by atoms with Crippen molar-refractivity contribution in [1.29, 1.82) is 0 Å². The van der Waals surface area contributed by atoms with E-state index in [1.165, 1.54) is 12.1 Å². The number of carbonyl (C=O) groups is 1. The number of alkyl halides is 2. The monoisotopic (exact) mass is 282 g/mol. The highest BCUT2D eigenvalue weighted by atomic mass is 79.9. The molecule has 0 aliphatic heterocycles. The van der Waals surface area contributed by atoms with Crippen LogP contribution in [0.1, 0.15) is 17.3 Å². The molecule has 0 heterocycles. The van der Waals surface area contributed by atoms with Crippen molar-refractivity contribution < 1.29 is 22.7 Å². The van der Waals surface area contributed by atoms with Gasteiger partial charge in [-0.15, -0.1) is 0 Å². The molecule has 0 radical (unpaired) electrons. The largest absolute Gasteiger partial charge is 0.431 e. The highest BCUT2D eigenvalue weighted by Crippen LogP contribution is 2.30. The second kappa shape index (κ2) is 4.65. The summed E-state index contributed by atoms with van der Waals surface area (Å²) < 4.78 is 41.2. The molecule has 0 aliphatic rings. The van der Waals surface area contributed by atoms with Crippen molar-refractivity contribution >= 4 is 21.7 Å². The first kappa shape index (κ1) is 12.0. The van der Waals surface area contributed by atoms with Crippen molar-refractivity contribution in [3.63, 3.8) is 0 Å². The number of halogens is 4. The summed E-state index contributed by atoms with van der Waals surface area (Å²) >= 11 is 2.81. The Hall–Kier alpha value is -1.04. The maximum Gasteiger partial charge on any atom is 0.387 e. The van der Waals surface area contributed by atoms with Crippen LogP contribution in [0.25, 0.3) is 0 Å². The van der Waals surface area contributed by atoms with Crippen molar-refractivity contribution in [3.8, 4) is 5.75 Å². The van der Waals surface area contributed by atoms with Gasteiger partial charge >= 0.3 is 6.61 Å². The van der Waals surface area contributed by atoms with Gasteiger partial charge in [0.2, 0.25) is 0 Å². The lowest BCUT2D eigenvalue weighted by Crippen LogP contribution is -2.08. The number of carbonyl (C=O) groups excluding carboxylic acids is 1. The van der Waals surface area contributed by atoms with E-state index in [0.29, 0.717) is 0 Å². The minimum absolute atomic E-state index is 0.0388. The minimum Gasteiger partial charge on any atom is -0.431 e. The van der Waals surface area contributed by atoms with Gasteiger partial charge in [-0.3, -0.25) is 4.79 Å². The Bertz CT molecular complexity index is 393. The molecule has 0 aliphatic carbocycles. The zero-order valence-electron chi connectivity index (χ0n) is 7.56. The van der Waals surface area contributed by atoms with Crippen molar-refractivity contribution in [2.24, 2.45) is 0 Å². The van der Waals surface area contributed by atoms with E-state index in [2.05, 4.69) is 20.7 Å². The van der Waals surface area contributed by atoms with Gasteiger partial charge in [0.25, 0.3) is 0 Å². The summed E-state index contributed by atoms with van der Waals surface area (Å²) in [5.41, 5.74) is -0.212. The molecule has 0 saturated carbocycles. The molecular formula is C9H6BrF3O2. The topological polar surface area (TPSA) is 26.3 Å². The summed E-state index contributed by atoms with van der Waals surface area (Å²) in [7, 11) is 0. The van der Waals surface area contributed by atoms with E-state index >= 15 is 0 Å². The molecule has 6 heteroatoms. The molecule has 1 aromatic rings. The highest BCUT2D eigenvalue weighted by Gasteiger charge is 2.19. The predicted molar refractivity (Wildman–Crippen MR) is 50.7 cm³/mol. The molecule has 0 spiro atoms. The van der Waals surface area contributed by atoms with Crippen LogP contribution in [0.4, 0.5) is 13.2 Å². The number of hydrogen-bond acceptors (Lipinski definition) is 2. The maximum absolute atomic E-state index is 13.3. The van der Waals surface area contributed by atoms with Gasteiger partial charge in [0, 0.05) is 0 Å². The Labute approximate surface area is 92.2 Å². The Morgan fingerprint density at radius 1 is 1.47 bits per heavy atom. The number of ketones is 1. The molecule has 2 nitrogen and oxygen atoms in total. The number of hydrogen-bond donors (Lipinski definition) is 0. The van der Waals surface area contributed by atoms with Crippen LogP contribution in [0.3, 0.4) is 0 Å². The summed E-state index contributed by atoms with van der Waals surface area (Å²) in [6.07, 6.45) is 0. The Morgan fingerprint density at radius 3 is 2.53 bits per heavy atom. The summed E-state index contributed by atoms with van der Waals surface area (Å²) in [4.78, 5) is 11.0. The van der Waals surface area contributed by atoms with Crippen molar-refractivity contribution in [2.75, 3.05) is 0 Å². The SMILES string of the molecule is CC(=O)c1ccc(Br)c(F)c1OC(F)F. The average molecular weight is 283 g/mol. The average Bonchev–Trinajstić information content (AvgIpc) is 2.12. The number of benzene rings is 1. The van der Waals surface area contributed by atoms with Gasteiger partial charge in [-0.25, -0.2) is 4.39 Å². The molecular weight excluding hydrogens is 277 g/mol. The molecule has 0 fully saturated rings. The first-order valence-electron chi connectivity index (χ1n) is 3.87. The van der Waals surface area contributed by atoms with Crippen LogP contribution in [-0.2, 0) is 0 Å². The van der Waals surface area contributed by atoms with Gasteiger partial charge in [-0.2, -0.15) is 8.78 Å². The van der Waals surface area contributed by atoms with Crippen LogP contribution >= 0.6 is 15.9 Å². The van der Waals surface area contributed by atoms with E-state index in [0.717, 1.165) is 6.92 Å². The molecule has 0 amide bonds. The molecule has 0 atom stereocenters. The summed E-state index contributed by atoms with van der Waals surface area (Å²) in [5, 5.41) is 0. The van der Waals surface area contributed by atoms with E-state index < -0.39 is 24.0 Å². The van der Waals surface area contributed by atoms with Gasteiger partial charge in [-0.05, 0) is 35.0 Å². The summed E-state index contributed by atoms with van der Waals surface area (Å²) in [6.45, 7) is -2.03. The van der Waals surface area contributed by atoms with Gasteiger partial charge in [0.05, 0.1) is 10.0 Å². The smallest absolute Gasteiger partial charge is 0.387 e. The first-order chi connectivity index (χ1) is 6.93. The second-order valence-corrected chi connectivity index (χ2v) is 3.53. The van der Waals surface area contributed by atoms with E-state index in [1.807, 2.05) is 0 Å². The van der Waals surface area contributed by atoms with E-state index in [-0.39, 0.29) is 10.0 Å². The second-order valence-electron chi connectivity index (χ2n) is 2.67. The fraction of sp³-hybridized carbons (Fsp3) is 0.222. The quantitative estimate of drug-likeness (QED) is 0.795. The number of rotatable bonds is 3. The maximum atomic E-state index is 13.3. The summed E-state index contributed by atoms with van der Waals surface area (Å²) in [6, 6.07) is 2.47.